The van der Waals surface area contributed by atoms with E-state index >= 15 is 0 Å². The van der Waals surface area contributed by atoms with Crippen LogP contribution in [0.2, 0.25) is 0 Å². The lowest BCUT2D eigenvalue weighted by Gasteiger charge is -1.95. The number of hydrogen-bond donors (Lipinski definition) is 1. The molecule has 11 heavy (non-hydrogen) atoms. The molecule has 0 atom stereocenters. The van der Waals surface area contributed by atoms with Crippen molar-refractivity contribution in [2.45, 2.75) is 33.1 Å². The van der Waals surface area contributed by atoms with Crippen LogP contribution in [0, 0.1) is 0 Å². The van der Waals surface area contributed by atoms with Crippen LogP contribution in [0.5, 0.6) is 0 Å². The number of hydrogen-bond acceptors (Lipinski definition) is 1. The summed E-state index contributed by atoms with van der Waals surface area (Å²) in [6.07, 6.45) is 9.50. The second kappa shape index (κ2) is 7.55. The minimum Gasteiger partial charge on any atom is -0.392 e. The highest BCUT2D eigenvalue weighted by atomic mass is 16.2. The molecule has 0 heterocycles. The van der Waals surface area contributed by atoms with Crippen molar-refractivity contribution in [3.8, 4) is 0 Å². The lowest BCUT2D eigenvalue weighted by molar-refractivity contribution is 0.341. The standard InChI is InChI=1S/C10H18O/c1-3-4-5-6-7-10(2)8-9-11/h4-5,8,11H,3,6-7,9H2,1-2H3/b5-4-,10-8+. The molecular formula is C10H18O. The average molecular weight is 154 g/mol. The molecule has 0 aliphatic rings. The summed E-state index contributed by atoms with van der Waals surface area (Å²) in [6.45, 7) is 4.35. The van der Waals surface area contributed by atoms with Crippen LogP contribution in [0.1, 0.15) is 33.1 Å². The first-order valence-corrected chi connectivity index (χ1v) is 4.22. The van der Waals surface area contributed by atoms with Gasteiger partial charge in [-0.05, 0) is 26.2 Å². The van der Waals surface area contributed by atoms with Gasteiger partial charge in [-0.3, -0.25) is 0 Å². The summed E-state index contributed by atoms with van der Waals surface area (Å²) in [6, 6.07) is 0. The van der Waals surface area contributed by atoms with Gasteiger partial charge in [-0.2, -0.15) is 0 Å². The summed E-state index contributed by atoms with van der Waals surface area (Å²) in [5.41, 5.74) is 1.27. The van der Waals surface area contributed by atoms with Crippen LogP contribution >= 0.6 is 0 Å². The van der Waals surface area contributed by atoms with Gasteiger partial charge in [0, 0.05) is 0 Å². The minimum atomic E-state index is 0.170. The van der Waals surface area contributed by atoms with E-state index in [-0.39, 0.29) is 6.61 Å². The van der Waals surface area contributed by atoms with Crippen LogP contribution in [0.15, 0.2) is 23.8 Å². The van der Waals surface area contributed by atoms with Crippen molar-refractivity contribution >= 4 is 0 Å². The monoisotopic (exact) mass is 154 g/mol. The third kappa shape index (κ3) is 7.34. The lowest BCUT2D eigenvalue weighted by atomic mass is 10.1. The molecule has 0 fully saturated rings. The van der Waals surface area contributed by atoms with Crippen molar-refractivity contribution in [1.29, 1.82) is 0 Å². The Kier molecular flexibility index (Phi) is 7.16. The summed E-state index contributed by atoms with van der Waals surface area (Å²) in [7, 11) is 0. The Morgan fingerprint density at radius 3 is 2.64 bits per heavy atom. The fourth-order valence-corrected chi connectivity index (χ4v) is 0.853. The van der Waals surface area contributed by atoms with Crippen LogP contribution in [-0.2, 0) is 0 Å². The van der Waals surface area contributed by atoms with Crippen molar-refractivity contribution < 1.29 is 5.11 Å². The van der Waals surface area contributed by atoms with E-state index in [1.165, 1.54) is 5.57 Å². The Hall–Kier alpha value is -0.560. The zero-order chi connectivity index (χ0) is 8.53. The van der Waals surface area contributed by atoms with Crippen LogP contribution in [-0.4, -0.2) is 11.7 Å². The Bertz CT molecular complexity index is 134. The predicted octanol–water partition coefficient (Wildman–Crippen LogP) is 2.67. The molecule has 1 N–H and O–H groups in total. The molecule has 0 aromatic rings. The molecule has 0 amide bonds. The first-order chi connectivity index (χ1) is 5.31. The molecule has 0 aliphatic carbocycles. The summed E-state index contributed by atoms with van der Waals surface area (Å²) < 4.78 is 0. The molecule has 0 aromatic heterocycles. The molecule has 1 heteroatoms. The van der Waals surface area contributed by atoms with Crippen molar-refractivity contribution in [2.24, 2.45) is 0 Å². The van der Waals surface area contributed by atoms with Crippen LogP contribution in [0.3, 0.4) is 0 Å². The van der Waals surface area contributed by atoms with Crippen molar-refractivity contribution in [3.63, 3.8) is 0 Å². The number of allylic oxidation sites excluding steroid dienone is 3. The third-order valence-corrected chi connectivity index (χ3v) is 1.55. The van der Waals surface area contributed by atoms with Gasteiger partial charge in [-0.15, -0.1) is 0 Å². The maximum Gasteiger partial charge on any atom is 0.0614 e. The van der Waals surface area contributed by atoms with E-state index < -0.39 is 0 Å². The van der Waals surface area contributed by atoms with E-state index in [0.29, 0.717) is 0 Å². The van der Waals surface area contributed by atoms with E-state index in [4.69, 9.17) is 5.11 Å². The first-order valence-electron chi connectivity index (χ1n) is 4.22. The molecule has 1 nitrogen and oxygen atoms in total. The van der Waals surface area contributed by atoms with Gasteiger partial charge in [0.15, 0.2) is 0 Å². The fourth-order valence-electron chi connectivity index (χ4n) is 0.853. The molecule has 0 aliphatic heterocycles. The summed E-state index contributed by atoms with van der Waals surface area (Å²) in [4.78, 5) is 0. The maximum atomic E-state index is 8.54. The Morgan fingerprint density at radius 1 is 1.36 bits per heavy atom. The highest BCUT2D eigenvalue weighted by Crippen LogP contribution is 2.03. The SMILES string of the molecule is CC/C=C\CC/C(C)=C/CO. The van der Waals surface area contributed by atoms with E-state index in [2.05, 4.69) is 26.0 Å². The molecule has 64 valence electrons. The molecule has 0 spiro atoms. The topological polar surface area (TPSA) is 20.2 Å². The lowest BCUT2D eigenvalue weighted by Crippen LogP contribution is -1.79. The largest absolute Gasteiger partial charge is 0.392 e. The maximum absolute atomic E-state index is 8.54. The Morgan fingerprint density at radius 2 is 2.09 bits per heavy atom. The molecular weight excluding hydrogens is 136 g/mol. The average Bonchev–Trinajstić information content (AvgIpc) is 1.99. The highest BCUT2D eigenvalue weighted by Gasteiger charge is 1.85. The van der Waals surface area contributed by atoms with Crippen LogP contribution in [0.25, 0.3) is 0 Å². The van der Waals surface area contributed by atoms with Gasteiger partial charge < -0.3 is 5.11 Å². The van der Waals surface area contributed by atoms with Crippen LogP contribution < -0.4 is 0 Å². The highest BCUT2D eigenvalue weighted by molar-refractivity contribution is 4.99. The van der Waals surface area contributed by atoms with E-state index in [1.807, 2.05) is 6.08 Å². The molecule has 0 rings (SSSR count). The molecule has 0 bridgehead atoms. The van der Waals surface area contributed by atoms with Crippen molar-refractivity contribution in [2.75, 3.05) is 6.61 Å². The predicted molar refractivity (Wildman–Crippen MR) is 49.5 cm³/mol. The Labute approximate surface area is 69.4 Å². The minimum absolute atomic E-state index is 0.170. The van der Waals surface area contributed by atoms with Gasteiger partial charge in [0.05, 0.1) is 6.61 Å². The summed E-state index contributed by atoms with van der Waals surface area (Å²) >= 11 is 0. The number of aliphatic hydroxyl groups excluding tert-OH is 1. The quantitative estimate of drug-likeness (QED) is 0.604. The number of aliphatic hydroxyl groups is 1. The van der Waals surface area contributed by atoms with Gasteiger partial charge in [-0.25, -0.2) is 0 Å². The van der Waals surface area contributed by atoms with Crippen LogP contribution in [0.4, 0.5) is 0 Å². The van der Waals surface area contributed by atoms with Gasteiger partial charge in [0.1, 0.15) is 0 Å². The zero-order valence-corrected chi connectivity index (χ0v) is 7.51. The van der Waals surface area contributed by atoms with Crippen molar-refractivity contribution in [3.05, 3.63) is 23.8 Å². The molecule has 0 saturated heterocycles. The van der Waals surface area contributed by atoms with Gasteiger partial charge in [0.25, 0.3) is 0 Å². The third-order valence-electron chi connectivity index (χ3n) is 1.55. The van der Waals surface area contributed by atoms with Gasteiger partial charge in [0.2, 0.25) is 0 Å². The normalized spacial score (nSPS) is 12.8. The molecule has 0 saturated carbocycles. The summed E-state index contributed by atoms with van der Waals surface area (Å²) in [5.74, 6) is 0. The van der Waals surface area contributed by atoms with Crippen molar-refractivity contribution in [1.82, 2.24) is 0 Å². The summed E-state index contributed by atoms with van der Waals surface area (Å²) in [5, 5.41) is 8.54. The van der Waals surface area contributed by atoms with Gasteiger partial charge >= 0.3 is 0 Å². The van der Waals surface area contributed by atoms with E-state index in [9.17, 15) is 0 Å². The van der Waals surface area contributed by atoms with Gasteiger partial charge in [-0.1, -0.05) is 30.7 Å². The smallest absolute Gasteiger partial charge is 0.0614 e. The molecule has 0 radical (unpaired) electrons. The fraction of sp³-hybridized carbons (Fsp3) is 0.600. The van der Waals surface area contributed by atoms with E-state index in [1.54, 1.807) is 0 Å². The Balaban J connectivity index is 3.38. The number of rotatable bonds is 5. The second-order valence-electron chi connectivity index (χ2n) is 2.65. The molecule has 0 aromatic carbocycles. The zero-order valence-electron chi connectivity index (χ0n) is 7.51. The second-order valence-corrected chi connectivity index (χ2v) is 2.65. The molecule has 0 unspecified atom stereocenters. The first kappa shape index (κ1) is 10.4. The van der Waals surface area contributed by atoms with E-state index in [0.717, 1.165) is 19.3 Å².